The van der Waals surface area contributed by atoms with Crippen molar-refractivity contribution in [3.63, 3.8) is 0 Å². The predicted molar refractivity (Wildman–Crippen MR) is 112 cm³/mol. The molecule has 1 saturated heterocycles. The number of rotatable bonds is 5. The SMILES string of the molecule is O=S(=O)(c1cccc2cccnc12)N1CCC(COc2ccc3nccn3n2)CC1. The van der Waals surface area contributed by atoms with Gasteiger partial charge in [-0.05, 0) is 37.0 Å². The maximum Gasteiger partial charge on any atom is 0.245 e. The first-order valence-corrected chi connectivity index (χ1v) is 11.3. The predicted octanol–water partition coefficient (Wildman–Crippen LogP) is 2.76. The molecule has 0 spiro atoms. The van der Waals surface area contributed by atoms with E-state index in [1.807, 2.05) is 24.3 Å². The Balaban J connectivity index is 1.24. The minimum absolute atomic E-state index is 0.271. The Hall–Kier alpha value is -3.04. The molecule has 1 aliphatic rings. The molecule has 8 nitrogen and oxygen atoms in total. The molecule has 0 radical (unpaired) electrons. The van der Waals surface area contributed by atoms with Gasteiger partial charge in [0, 0.05) is 43.1 Å². The number of nitrogens with zero attached hydrogens (tertiary/aromatic N) is 5. The molecular weight excluding hydrogens is 402 g/mol. The van der Waals surface area contributed by atoms with E-state index < -0.39 is 10.0 Å². The van der Waals surface area contributed by atoms with Gasteiger partial charge < -0.3 is 4.74 Å². The molecule has 0 saturated carbocycles. The van der Waals surface area contributed by atoms with Crippen molar-refractivity contribution >= 4 is 26.6 Å². The first-order valence-electron chi connectivity index (χ1n) is 9.88. The second kappa shape index (κ2) is 7.66. The van der Waals surface area contributed by atoms with Crippen LogP contribution in [0.15, 0.2) is 66.0 Å². The lowest BCUT2D eigenvalue weighted by Gasteiger charge is -2.31. The number of aromatic nitrogens is 4. The molecule has 3 aromatic heterocycles. The van der Waals surface area contributed by atoms with E-state index in [9.17, 15) is 8.42 Å². The number of ether oxygens (including phenoxy) is 1. The van der Waals surface area contributed by atoms with Gasteiger partial charge in [0.05, 0.1) is 12.1 Å². The molecule has 4 aromatic rings. The summed E-state index contributed by atoms with van der Waals surface area (Å²) in [6, 6.07) is 12.6. The highest BCUT2D eigenvalue weighted by atomic mass is 32.2. The zero-order valence-corrected chi connectivity index (χ0v) is 17.1. The lowest BCUT2D eigenvalue weighted by molar-refractivity contribution is 0.179. The van der Waals surface area contributed by atoms with Gasteiger partial charge in [-0.1, -0.05) is 18.2 Å². The first-order chi connectivity index (χ1) is 14.6. The number of sulfonamides is 1. The van der Waals surface area contributed by atoms with Gasteiger partial charge in [0.15, 0.2) is 5.65 Å². The number of benzene rings is 1. The van der Waals surface area contributed by atoms with Crippen molar-refractivity contribution in [1.82, 2.24) is 23.9 Å². The van der Waals surface area contributed by atoms with Crippen molar-refractivity contribution in [2.75, 3.05) is 19.7 Å². The number of pyridine rings is 1. The summed E-state index contributed by atoms with van der Waals surface area (Å²) < 4.78 is 35.5. The second-order valence-electron chi connectivity index (χ2n) is 7.39. The summed E-state index contributed by atoms with van der Waals surface area (Å²) in [6.45, 7) is 1.44. The number of imidazole rings is 1. The average Bonchev–Trinajstić information content (AvgIpc) is 3.25. The molecular formula is C21H21N5O3S. The summed E-state index contributed by atoms with van der Waals surface area (Å²) in [6.07, 6.45) is 6.57. The monoisotopic (exact) mass is 423 g/mol. The summed E-state index contributed by atoms with van der Waals surface area (Å²) >= 11 is 0. The van der Waals surface area contributed by atoms with Crippen molar-refractivity contribution < 1.29 is 13.2 Å². The fraction of sp³-hybridized carbons (Fsp3) is 0.286. The van der Waals surface area contributed by atoms with Crippen molar-refractivity contribution in [3.8, 4) is 5.88 Å². The van der Waals surface area contributed by atoms with E-state index >= 15 is 0 Å². The second-order valence-corrected chi connectivity index (χ2v) is 9.30. The molecule has 0 atom stereocenters. The molecule has 0 aliphatic carbocycles. The van der Waals surface area contributed by atoms with Crippen molar-refractivity contribution in [1.29, 1.82) is 0 Å². The van der Waals surface area contributed by atoms with Crippen LogP contribution in [0.2, 0.25) is 0 Å². The van der Waals surface area contributed by atoms with Gasteiger partial charge in [0.2, 0.25) is 15.9 Å². The number of hydrogen-bond acceptors (Lipinski definition) is 6. The zero-order chi connectivity index (χ0) is 20.6. The van der Waals surface area contributed by atoms with E-state index in [1.54, 1.807) is 45.6 Å². The fourth-order valence-electron chi connectivity index (χ4n) is 3.82. The van der Waals surface area contributed by atoms with Gasteiger partial charge in [-0.3, -0.25) is 4.98 Å². The summed E-state index contributed by atoms with van der Waals surface area (Å²) in [5.74, 6) is 0.819. The fourth-order valence-corrected chi connectivity index (χ4v) is 5.45. The molecule has 1 fully saturated rings. The van der Waals surface area contributed by atoms with Gasteiger partial charge in [0.25, 0.3) is 0 Å². The highest BCUT2D eigenvalue weighted by Crippen LogP contribution is 2.28. The summed E-state index contributed by atoms with van der Waals surface area (Å²) in [5, 5.41) is 5.18. The molecule has 1 aliphatic heterocycles. The molecule has 154 valence electrons. The van der Waals surface area contributed by atoms with Crippen LogP contribution in [0.1, 0.15) is 12.8 Å². The molecule has 0 unspecified atom stereocenters. The lowest BCUT2D eigenvalue weighted by atomic mass is 9.99. The third-order valence-electron chi connectivity index (χ3n) is 5.48. The van der Waals surface area contributed by atoms with Gasteiger partial charge in [0.1, 0.15) is 4.90 Å². The number of piperidine rings is 1. The van der Waals surface area contributed by atoms with E-state index in [2.05, 4.69) is 15.1 Å². The maximum atomic E-state index is 13.2. The van der Waals surface area contributed by atoms with E-state index in [0.29, 0.717) is 31.1 Å². The molecule has 4 heterocycles. The zero-order valence-electron chi connectivity index (χ0n) is 16.3. The van der Waals surface area contributed by atoms with Gasteiger partial charge >= 0.3 is 0 Å². The van der Waals surface area contributed by atoms with E-state index in [1.165, 1.54) is 0 Å². The Kier molecular flexibility index (Phi) is 4.84. The van der Waals surface area contributed by atoms with Crippen LogP contribution in [-0.2, 0) is 10.0 Å². The quantitative estimate of drug-likeness (QED) is 0.490. The van der Waals surface area contributed by atoms with Crippen LogP contribution in [0.3, 0.4) is 0 Å². The standard InChI is InChI=1S/C21H21N5O3S/c27-30(28,18-5-1-3-17-4-2-10-23-21(17)18)25-12-8-16(9-13-25)15-29-20-7-6-19-22-11-14-26(19)24-20/h1-7,10-11,14,16H,8-9,12-13,15H2. The first kappa shape index (κ1) is 19.0. The van der Waals surface area contributed by atoms with Crippen LogP contribution in [0.25, 0.3) is 16.6 Å². The maximum absolute atomic E-state index is 13.2. The van der Waals surface area contributed by atoms with Crippen LogP contribution in [0, 0.1) is 5.92 Å². The Labute approximate surface area is 174 Å². The van der Waals surface area contributed by atoms with Crippen molar-refractivity contribution in [3.05, 3.63) is 61.1 Å². The summed E-state index contributed by atoms with van der Waals surface area (Å²) in [5.41, 5.74) is 1.29. The topological polar surface area (TPSA) is 89.7 Å². The number of fused-ring (bicyclic) bond motifs is 2. The molecule has 0 bridgehead atoms. The minimum atomic E-state index is -3.59. The lowest BCUT2D eigenvalue weighted by Crippen LogP contribution is -2.39. The Morgan fingerprint density at radius 3 is 2.70 bits per heavy atom. The summed E-state index contributed by atoms with van der Waals surface area (Å²) in [4.78, 5) is 8.73. The molecule has 30 heavy (non-hydrogen) atoms. The van der Waals surface area contributed by atoms with Gasteiger partial charge in [-0.15, -0.1) is 5.10 Å². The summed E-state index contributed by atoms with van der Waals surface area (Å²) in [7, 11) is -3.59. The van der Waals surface area contributed by atoms with E-state index in [-0.39, 0.29) is 10.8 Å². The third-order valence-corrected chi connectivity index (χ3v) is 7.41. The number of para-hydroxylation sites is 1. The minimum Gasteiger partial charge on any atom is -0.476 e. The average molecular weight is 423 g/mol. The highest BCUT2D eigenvalue weighted by molar-refractivity contribution is 7.89. The van der Waals surface area contributed by atoms with Crippen LogP contribution in [0.4, 0.5) is 0 Å². The Bertz CT molecular complexity index is 1290. The molecule has 0 amide bonds. The third kappa shape index (κ3) is 3.50. The molecule has 0 N–H and O–H groups in total. The van der Waals surface area contributed by atoms with Crippen molar-refractivity contribution in [2.24, 2.45) is 5.92 Å². The van der Waals surface area contributed by atoms with Gasteiger partial charge in [-0.2, -0.15) is 4.31 Å². The van der Waals surface area contributed by atoms with E-state index in [0.717, 1.165) is 23.9 Å². The molecule has 5 rings (SSSR count). The highest BCUT2D eigenvalue weighted by Gasteiger charge is 2.31. The van der Waals surface area contributed by atoms with Crippen LogP contribution < -0.4 is 4.74 Å². The van der Waals surface area contributed by atoms with Crippen LogP contribution in [-0.4, -0.2) is 52.0 Å². The van der Waals surface area contributed by atoms with Crippen LogP contribution >= 0.6 is 0 Å². The molecule has 9 heteroatoms. The van der Waals surface area contributed by atoms with Crippen molar-refractivity contribution in [2.45, 2.75) is 17.7 Å². The van der Waals surface area contributed by atoms with Crippen LogP contribution in [0.5, 0.6) is 5.88 Å². The number of hydrogen-bond donors (Lipinski definition) is 0. The smallest absolute Gasteiger partial charge is 0.245 e. The molecule has 1 aromatic carbocycles. The van der Waals surface area contributed by atoms with Gasteiger partial charge in [-0.25, -0.2) is 17.9 Å². The normalized spacial score (nSPS) is 16.3. The Morgan fingerprint density at radius 2 is 1.83 bits per heavy atom. The van der Waals surface area contributed by atoms with E-state index in [4.69, 9.17) is 4.74 Å². The Morgan fingerprint density at radius 1 is 1.00 bits per heavy atom. The largest absolute Gasteiger partial charge is 0.476 e.